The molecule has 1 amide bonds. The third-order valence-electron chi connectivity index (χ3n) is 6.21. The van der Waals surface area contributed by atoms with Crippen LogP contribution in [-0.4, -0.2) is 38.4 Å². The van der Waals surface area contributed by atoms with Gasteiger partial charge in [0.15, 0.2) is 5.16 Å². The van der Waals surface area contributed by atoms with Crippen LogP contribution in [0.25, 0.3) is 11.0 Å². The highest BCUT2D eigenvalue weighted by molar-refractivity contribution is 7.98. The Hall–Kier alpha value is -3.12. The number of benzene rings is 2. The number of hydrogen-bond acceptors (Lipinski definition) is 4. The Kier molecular flexibility index (Phi) is 6.44. The molecule has 1 saturated heterocycles. The Bertz CT molecular complexity index is 1240. The van der Waals surface area contributed by atoms with Crippen LogP contribution in [0.5, 0.6) is 0 Å². The Labute approximate surface area is 198 Å². The number of hydrogen-bond donors (Lipinski definition) is 0. The maximum absolute atomic E-state index is 12.9. The first-order chi connectivity index (χ1) is 16.2. The first-order valence-corrected chi connectivity index (χ1v) is 12.5. The van der Waals surface area contributed by atoms with E-state index in [0.717, 1.165) is 53.6 Å². The molecular weight excluding hydrogens is 428 g/mol. The molecule has 1 unspecified atom stereocenters. The van der Waals surface area contributed by atoms with Crippen molar-refractivity contribution < 1.29 is 4.79 Å². The Morgan fingerprint density at radius 3 is 2.67 bits per heavy atom. The molecule has 0 aliphatic carbocycles. The lowest BCUT2D eigenvalue weighted by Crippen LogP contribution is -2.39. The van der Waals surface area contributed by atoms with Crippen LogP contribution >= 0.6 is 11.8 Å². The van der Waals surface area contributed by atoms with Gasteiger partial charge in [-0.3, -0.25) is 9.78 Å². The quantitative estimate of drug-likeness (QED) is 0.352. The van der Waals surface area contributed by atoms with E-state index < -0.39 is 0 Å². The lowest BCUT2D eigenvalue weighted by molar-refractivity contribution is 0.0683. The lowest BCUT2D eigenvalue weighted by Gasteiger charge is -2.31. The summed E-state index contributed by atoms with van der Waals surface area (Å²) in [5.74, 6) is 1.53. The number of pyridine rings is 1. The van der Waals surface area contributed by atoms with Crippen molar-refractivity contribution in [1.82, 2.24) is 19.4 Å². The molecule has 0 spiro atoms. The highest BCUT2D eigenvalue weighted by Crippen LogP contribution is 2.28. The summed E-state index contributed by atoms with van der Waals surface area (Å²) in [5, 5.41) is 0.976. The lowest BCUT2D eigenvalue weighted by atomic mass is 9.99. The van der Waals surface area contributed by atoms with Crippen LogP contribution in [0.1, 0.15) is 41.3 Å². The summed E-state index contributed by atoms with van der Waals surface area (Å²) in [5.41, 5.74) is 5.19. The Balaban J connectivity index is 1.30. The van der Waals surface area contributed by atoms with Crippen LogP contribution in [0, 0.1) is 5.92 Å². The predicted molar refractivity (Wildman–Crippen MR) is 133 cm³/mol. The van der Waals surface area contributed by atoms with Crippen LogP contribution in [0.3, 0.4) is 0 Å². The smallest absolute Gasteiger partial charge is 0.253 e. The minimum Gasteiger partial charge on any atom is -0.338 e. The van der Waals surface area contributed by atoms with Crippen molar-refractivity contribution in [2.24, 2.45) is 5.92 Å². The summed E-state index contributed by atoms with van der Waals surface area (Å²) in [6.45, 7) is 4.71. The SMILES string of the molecule is CC1CCCN(C(=O)c2ccc(CSc3nc4ccncc4n3Cc3ccccc3)cc2)C1. The number of thioether (sulfide) groups is 1. The van der Waals surface area contributed by atoms with Gasteiger partial charge in [0, 0.05) is 30.6 Å². The molecule has 0 bridgehead atoms. The third-order valence-corrected chi connectivity index (χ3v) is 7.26. The molecule has 1 aliphatic heterocycles. The van der Waals surface area contributed by atoms with E-state index in [4.69, 9.17) is 4.98 Å². The molecule has 0 radical (unpaired) electrons. The molecule has 4 aromatic rings. The molecule has 168 valence electrons. The number of fused-ring (bicyclic) bond motifs is 1. The number of piperidine rings is 1. The highest BCUT2D eigenvalue weighted by Gasteiger charge is 2.22. The van der Waals surface area contributed by atoms with Crippen molar-refractivity contribution in [1.29, 1.82) is 0 Å². The predicted octanol–water partition coefficient (Wildman–Crippen LogP) is 5.64. The fourth-order valence-corrected chi connectivity index (χ4v) is 5.39. The molecule has 3 heterocycles. The van der Waals surface area contributed by atoms with Crippen LogP contribution in [0.15, 0.2) is 78.2 Å². The molecule has 5 rings (SSSR count). The van der Waals surface area contributed by atoms with Gasteiger partial charge in [-0.25, -0.2) is 4.98 Å². The second kappa shape index (κ2) is 9.79. The minimum absolute atomic E-state index is 0.151. The van der Waals surface area contributed by atoms with E-state index in [2.05, 4.69) is 52.9 Å². The Morgan fingerprint density at radius 2 is 1.88 bits per heavy atom. The molecule has 1 aliphatic rings. The summed E-state index contributed by atoms with van der Waals surface area (Å²) < 4.78 is 2.23. The molecule has 0 N–H and O–H groups in total. The number of aromatic nitrogens is 3. The molecular formula is C27H28N4OS. The van der Waals surface area contributed by atoms with Crippen molar-refractivity contribution in [2.75, 3.05) is 13.1 Å². The zero-order valence-electron chi connectivity index (χ0n) is 18.9. The van der Waals surface area contributed by atoms with E-state index in [9.17, 15) is 4.79 Å². The maximum Gasteiger partial charge on any atom is 0.253 e. The number of nitrogens with zero attached hydrogens (tertiary/aromatic N) is 4. The van der Waals surface area contributed by atoms with Crippen molar-refractivity contribution in [3.8, 4) is 0 Å². The first kappa shape index (κ1) is 21.7. The van der Waals surface area contributed by atoms with Crippen molar-refractivity contribution in [3.05, 3.63) is 89.7 Å². The fourth-order valence-electron chi connectivity index (χ4n) is 4.42. The Morgan fingerprint density at radius 1 is 1.06 bits per heavy atom. The van der Waals surface area contributed by atoms with Gasteiger partial charge in [-0.1, -0.05) is 61.2 Å². The zero-order chi connectivity index (χ0) is 22.6. The summed E-state index contributed by atoms with van der Waals surface area (Å²) >= 11 is 1.72. The van der Waals surface area contributed by atoms with Gasteiger partial charge in [0.2, 0.25) is 0 Å². The number of rotatable bonds is 6. The minimum atomic E-state index is 0.151. The number of carbonyl (C=O) groups is 1. The van der Waals surface area contributed by atoms with E-state index in [1.165, 1.54) is 17.5 Å². The summed E-state index contributed by atoms with van der Waals surface area (Å²) in [4.78, 5) is 24.0. The highest BCUT2D eigenvalue weighted by atomic mass is 32.2. The second-order valence-corrected chi connectivity index (χ2v) is 9.76. The van der Waals surface area contributed by atoms with Crippen LogP contribution in [-0.2, 0) is 12.3 Å². The molecule has 6 heteroatoms. The molecule has 0 saturated carbocycles. The first-order valence-electron chi connectivity index (χ1n) is 11.5. The monoisotopic (exact) mass is 456 g/mol. The van der Waals surface area contributed by atoms with Crippen molar-refractivity contribution in [2.45, 2.75) is 37.2 Å². The molecule has 33 heavy (non-hydrogen) atoms. The van der Waals surface area contributed by atoms with Crippen molar-refractivity contribution >= 4 is 28.7 Å². The van der Waals surface area contributed by atoms with E-state index in [1.54, 1.807) is 18.0 Å². The van der Waals surface area contributed by atoms with Gasteiger partial charge in [0.25, 0.3) is 5.91 Å². The average molecular weight is 457 g/mol. The van der Waals surface area contributed by atoms with E-state index in [1.807, 2.05) is 35.4 Å². The number of likely N-dealkylation sites (tertiary alicyclic amines) is 1. The summed E-state index contributed by atoms with van der Waals surface area (Å²) in [6.07, 6.45) is 5.98. The molecule has 5 nitrogen and oxygen atoms in total. The zero-order valence-corrected chi connectivity index (χ0v) is 19.7. The number of carbonyl (C=O) groups excluding carboxylic acids is 1. The number of imidazole rings is 1. The topological polar surface area (TPSA) is 51.0 Å². The average Bonchev–Trinajstić information content (AvgIpc) is 3.20. The van der Waals surface area contributed by atoms with Gasteiger partial charge in [-0.05, 0) is 48.1 Å². The van der Waals surface area contributed by atoms with Crippen LogP contribution < -0.4 is 0 Å². The van der Waals surface area contributed by atoms with Gasteiger partial charge in [-0.2, -0.15) is 0 Å². The standard InChI is InChI=1S/C27H28N4OS/c1-20-6-5-15-30(17-20)26(32)23-11-9-22(10-12-23)19-33-27-29-24-13-14-28-16-25(24)31(27)18-21-7-3-2-4-8-21/h2-4,7-14,16,20H,5-6,15,17-19H2,1H3. The van der Waals surface area contributed by atoms with Crippen LogP contribution in [0.4, 0.5) is 0 Å². The van der Waals surface area contributed by atoms with Gasteiger partial charge in [-0.15, -0.1) is 0 Å². The molecule has 1 atom stereocenters. The normalized spacial score (nSPS) is 16.3. The van der Waals surface area contributed by atoms with Gasteiger partial charge >= 0.3 is 0 Å². The second-order valence-electron chi connectivity index (χ2n) is 8.81. The summed E-state index contributed by atoms with van der Waals surface area (Å²) in [7, 11) is 0. The maximum atomic E-state index is 12.9. The van der Waals surface area contributed by atoms with Crippen LogP contribution in [0.2, 0.25) is 0 Å². The fraction of sp³-hybridized carbons (Fsp3) is 0.296. The van der Waals surface area contributed by atoms with Gasteiger partial charge in [0.1, 0.15) is 0 Å². The molecule has 1 fully saturated rings. The van der Waals surface area contributed by atoms with Gasteiger partial charge < -0.3 is 9.47 Å². The molecule has 2 aromatic carbocycles. The largest absolute Gasteiger partial charge is 0.338 e. The van der Waals surface area contributed by atoms with E-state index in [-0.39, 0.29) is 5.91 Å². The number of amides is 1. The summed E-state index contributed by atoms with van der Waals surface area (Å²) in [6, 6.07) is 20.5. The molecule has 2 aromatic heterocycles. The third kappa shape index (κ3) is 4.96. The van der Waals surface area contributed by atoms with Crippen molar-refractivity contribution in [3.63, 3.8) is 0 Å². The van der Waals surface area contributed by atoms with E-state index >= 15 is 0 Å². The van der Waals surface area contributed by atoms with Gasteiger partial charge in [0.05, 0.1) is 23.8 Å². The van der Waals surface area contributed by atoms with E-state index in [0.29, 0.717) is 5.92 Å².